The highest BCUT2D eigenvalue weighted by Gasteiger charge is 2.24. The molecule has 0 saturated carbocycles. The molecule has 2 atom stereocenters. The van der Waals surface area contributed by atoms with Gasteiger partial charge in [0.15, 0.2) is 0 Å². The quantitative estimate of drug-likeness (QED) is 0.654. The Labute approximate surface area is 96.7 Å². The number of hydrogen-bond donors (Lipinski definition) is 0. The molecule has 1 rings (SSSR count). The minimum Gasteiger partial charge on any atom is -0.378 e. The van der Waals surface area contributed by atoms with Crippen LogP contribution in [0.25, 0.3) is 0 Å². The highest BCUT2D eigenvalue weighted by Crippen LogP contribution is 2.33. The molecule has 1 nitrogen and oxygen atoms in total. The smallest absolute Gasteiger partial charge is 0.0576 e. The van der Waals surface area contributed by atoms with E-state index in [0.717, 1.165) is 11.9 Å². The summed E-state index contributed by atoms with van der Waals surface area (Å²) in [6.45, 7) is 5.65. The third kappa shape index (κ3) is 3.90. The molecule has 14 heavy (non-hydrogen) atoms. The zero-order chi connectivity index (χ0) is 10.4. The first-order chi connectivity index (χ1) is 6.70. The summed E-state index contributed by atoms with van der Waals surface area (Å²) in [6.07, 6.45) is 8.27. The summed E-state index contributed by atoms with van der Waals surface area (Å²) in [5.41, 5.74) is 0.487. The van der Waals surface area contributed by atoms with Crippen molar-refractivity contribution >= 4 is 15.9 Å². The predicted octanol–water partition coefficient (Wildman–Crippen LogP) is 4.15. The van der Waals surface area contributed by atoms with E-state index in [1.165, 1.54) is 38.5 Å². The topological polar surface area (TPSA) is 9.23 Å². The molecular formula is C12H23BrO. The Bertz CT molecular complexity index is 154. The molecule has 1 aliphatic rings. The summed E-state index contributed by atoms with van der Waals surface area (Å²) >= 11 is 3.64. The fourth-order valence-corrected chi connectivity index (χ4v) is 2.80. The summed E-state index contributed by atoms with van der Waals surface area (Å²) in [6, 6.07) is 0. The molecule has 0 aromatic rings. The van der Waals surface area contributed by atoms with Gasteiger partial charge in [-0.05, 0) is 37.5 Å². The number of alkyl halides is 1. The lowest BCUT2D eigenvalue weighted by Gasteiger charge is -2.28. The third-order valence-electron chi connectivity index (χ3n) is 3.27. The first-order valence-electron chi connectivity index (χ1n) is 5.88. The van der Waals surface area contributed by atoms with E-state index in [-0.39, 0.29) is 0 Å². The molecule has 0 radical (unpaired) electrons. The maximum atomic E-state index is 5.66. The van der Waals surface area contributed by atoms with Crippen molar-refractivity contribution in [3.8, 4) is 0 Å². The summed E-state index contributed by atoms with van der Waals surface area (Å²) in [5.74, 6) is 0. The predicted molar refractivity (Wildman–Crippen MR) is 65.0 cm³/mol. The molecule has 2 unspecified atom stereocenters. The summed E-state index contributed by atoms with van der Waals surface area (Å²) in [4.78, 5) is 0. The molecule has 2 heteroatoms. The van der Waals surface area contributed by atoms with Crippen LogP contribution >= 0.6 is 15.9 Å². The summed E-state index contributed by atoms with van der Waals surface area (Å²) in [5, 5.41) is 1.13. The fraction of sp³-hybridized carbons (Fsp3) is 1.00. The van der Waals surface area contributed by atoms with Gasteiger partial charge in [0, 0.05) is 11.9 Å². The second-order valence-electron chi connectivity index (χ2n) is 4.87. The molecule has 0 amide bonds. The summed E-state index contributed by atoms with van der Waals surface area (Å²) in [7, 11) is 0. The lowest BCUT2D eigenvalue weighted by molar-refractivity contribution is 0.0911. The van der Waals surface area contributed by atoms with E-state index < -0.39 is 0 Å². The van der Waals surface area contributed by atoms with Crippen LogP contribution in [0.3, 0.4) is 0 Å². The van der Waals surface area contributed by atoms with Crippen LogP contribution in [0.4, 0.5) is 0 Å². The van der Waals surface area contributed by atoms with E-state index in [1.807, 2.05) is 0 Å². The molecule has 1 saturated heterocycles. The number of hydrogen-bond acceptors (Lipinski definition) is 1. The van der Waals surface area contributed by atoms with Gasteiger partial charge in [-0.25, -0.2) is 0 Å². The Kier molecular flexibility index (Phi) is 5.47. The zero-order valence-corrected chi connectivity index (χ0v) is 11.1. The van der Waals surface area contributed by atoms with Crippen LogP contribution in [0, 0.1) is 5.41 Å². The van der Waals surface area contributed by atoms with Gasteiger partial charge in [-0.1, -0.05) is 36.2 Å². The molecule has 1 heterocycles. The van der Waals surface area contributed by atoms with Gasteiger partial charge in [-0.2, -0.15) is 0 Å². The SMILES string of the molecule is CCCC(C)(CBr)CCC1CCCO1. The van der Waals surface area contributed by atoms with Crippen LogP contribution in [0.1, 0.15) is 52.4 Å². The van der Waals surface area contributed by atoms with Crippen molar-refractivity contribution in [1.29, 1.82) is 0 Å². The lowest BCUT2D eigenvalue weighted by atomic mass is 9.82. The minimum atomic E-state index is 0.487. The van der Waals surface area contributed by atoms with E-state index >= 15 is 0 Å². The van der Waals surface area contributed by atoms with Gasteiger partial charge < -0.3 is 4.74 Å². The monoisotopic (exact) mass is 262 g/mol. The lowest BCUT2D eigenvalue weighted by Crippen LogP contribution is -2.20. The number of rotatable bonds is 6. The fourth-order valence-electron chi connectivity index (χ4n) is 2.24. The van der Waals surface area contributed by atoms with Crippen LogP contribution in [0.5, 0.6) is 0 Å². The Morgan fingerprint density at radius 1 is 1.43 bits per heavy atom. The molecule has 1 aliphatic heterocycles. The standard InChI is InChI=1S/C12H23BrO/c1-3-7-12(2,10-13)8-6-11-5-4-9-14-11/h11H,3-10H2,1-2H3. The molecule has 0 aromatic carbocycles. The third-order valence-corrected chi connectivity index (χ3v) is 4.62. The Morgan fingerprint density at radius 2 is 2.21 bits per heavy atom. The normalized spacial score (nSPS) is 26.4. The maximum absolute atomic E-state index is 5.66. The van der Waals surface area contributed by atoms with Gasteiger partial charge >= 0.3 is 0 Å². The Morgan fingerprint density at radius 3 is 2.71 bits per heavy atom. The number of ether oxygens (including phenoxy) is 1. The number of halogens is 1. The zero-order valence-electron chi connectivity index (χ0n) is 9.52. The Balaban J connectivity index is 2.25. The van der Waals surface area contributed by atoms with E-state index in [2.05, 4.69) is 29.8 Å². The average molecular weight is 263 g/mol. The van der Waals surface area contributed by atoms with Gasteiger partial charge in [0.2, 0.25) is 0 Å². The van der Waals surface area contributed by atoms with Crippen molar-refractivity contribution in [3.05, 3.63) is 0 Å². The van der Waals surface area contributed by atoms with Crippen molar-refractivity contribution in [3.63, 3.8) is 0 Å². The van der Waals surface area contributed by atoms with Crippen LogP contribution in [-0.2, 0) is 4.74 Å². The molecule has 0 spiro atoms. The van der Waals surface area contributed by atoms with Crippen molar-refractivity contribution < 1.29 is 4.74 Å². The van der Waals surface area contributed by atoms with E-state index in [0.29, 0.717) is 11.5 Å². The van der Waals surface area contributed by atoms with Crippen molar-refractivity contribution in [2.75, 3.05) is 11.9 Å². The molecule has 84 valence electrons. The van der Waals surface area contributed by atoms with Crippen LogP contribution < -0.4 is 0 Å². The minimum absolute atomic E-state index is 0.487. The molecule has 0 bridgehead atoms. The molecule has 1 fully saturated rings. The largest absolute Gasteiger partial charge is 0.378 e. The van der Waals surface area contributed by atoms with Crippen molar-refractivity contribution in [2.24, 2.45) is 5.41 Å². The van der Waals surface area contributed by atoms with Crippen LogP contribution in [0.15, 0.2) is 0 Å². The molecule has 0 aliphatic carbocycles. The van der Waals surface area contributed by atoms with Crippen molar-refractivity contribution in [2.45, 2.75) is 58.5 Å². The van der Waals surface area contributed by atoms with E-state index in [9.17, 15) is 0 Å². The Hall–Kier alpha value is 0.440. The first-order valence-corrected chi connectivity index (χ1v) is 7.00. The van der Waals surface area contributed by atoms with Crippen molar-refractivity contribution in [1.82, 2.24) is 0 Å². The second-order valence-corrected chi connectivity index (χ2v) is 5.43. The first kappa shape index (κ1) is 12.5. The highest BCUT2D eigenvalue weighted by atomic mass is 79.9. The van der Waals surface area contributed by atoms with Gasteiger partial charge in [-0.3, -0.25) is 0 Å². The van der Waals surface area contributed by atoms with Gasteiger partial charge in [0.05, 0.1) is 6.10 Å². The van der Waals surface area contributed by atoms with E-state index in [1.54, 1.807) is 0 Å². The maximum Gasteiger partial charge on any atom is 0.0576 e. The summed E-state index contributed by atoms with van der Waals surface area (Å²) < 4.78 is 5.66. The highest BCUT2D eigenvalue weighted by molar-refractivity contribution is 9.09. The molecule has 0 N–H and O–H groups in total. The van der Waals surface area contributed by atoms with Crippen LogP contribution in [-0.4, -0.2) is 18.0 Å². The average Bonchev–Trinajstić information content (AvgIpc) is 2.68. The van der Waals surface area contributed by atoms with Gasteiger partial charge in [0.1, 0.15) is 0 Å². The van der Waals surface area contributed by atoms with Crippen LogP contribution in [0.2, 0.25) is 0 Å². The second kappa shape index (κ2) is 6.12. The van der Waals surface area contributed by atoms with E-state index in [4.69, 9.17) is 4.74 Å². The van der Waals surface area contributed by atoms with Gasteiger partial charge in [-0.15, -0.1) is 0 Å². The van der Waals surface area contributed by atoms with Gasteiger partial charge in [0.25, 0.3) is 0 Å². The molecular weight excluding hydrogens is 240 g/mol. The molecule has 0 aromatic heterocycles.